The van der Waals surface area contributed by atoms with Gasteiger partial charge in [0.25, 0.3) is 0 Å². The molecule has 0 bridgehead atoms. The van der Waals surface area contributed by atoms with Crippen LogP contribution in [0.25, 0.3) is 0 Å². The molecule has 2 N–H and O–H groups in total. The minimum atomic E-state index is 0.245. The van der Waals surface area contributed by atoms with E-state index in [1.54, 1.807) is 11.3 Å². The van der Waals surface area contributed by atoms with Crippen molar-refractivity contribution in [1.82, 2.24) is 15.1 Å². The number of hydrogen-bond donors (Lipinski definition) is 2. The van der Waals surface area contributed by atoms with Crippen molar-refractivity contribution in [3.8, 4) is 0 Å². The summed E-state index contributed by atoms with van der Waals surface area (Å²) in [5, 5.41) is 29.8. The molecule has 0 saturated carbocycles. The van der Waals surface area contributed by atoms with Crippen LogP contribution in [0.15, 0.2) is 0 Å². The fourth-order valence-corrected chi connectivity index (χ4v) is 4.84. The van der Waals surface area contributed by atoms with Crippen molar-refractivity contribution in [1.29, 1.82) is 0 Å². The Hall–Kier alpha value is -0.760. The molecule has 0 radical (unpaired) electrons. The highest BCUT2D eigenvalue weighted by Crippen LogP contribution is 2.31. The molecule has 7 heteroatoms. The summed E-state index contributed by atoms with van der Waals surface area (Å²) in [4.78, 5) is 4.81. The minimum absolute atomic E-state index is 0.245. The molecule has 0 aliphatic carbocycles. The smallest absolute Gasteiger partial charge is 0.208 e. The van der Waals surface area contributed by atoms with Crippen LogP contribution in [0.1, 0.15) is 31.2 Å². The van der Waals surface area contributed by atoms with Crippen LogP contribution in [0, 0.1) is 17.8 Å². The van der Waals surface area contributed by atoms with E-state index >= 15 is 0 Å². The maximum Gasteiger partial charge on any atom is 0.208 e. The van der Waals surface area contributed by atoms with E-state index in [0.717, 1.165) is 68.5 Å². The Kier molecular flexibility index (Phi) is 6.43. The first-order chi connectivity index (χ1) is 11.7. The van der Waals surface area contributed by atoms with Crippen LogP contribution in [0.5, 0.6) is 0 Å². The first-order valence-corrected chi connectivity index (χ1v) is 10.1. The van der Waals surface area contributed by atoms with E-state index < -0.39 is 0 Å². The summed E-state index contributed by atoms with van der Waals surface area (Å²) in [5.41, 5.74) is 0. The number of anilines is 1. The largest absolute Gasteiger partial charge is 0.396 e. The molecule has 24 heavy (non-hydrogen) atoms. The number of aryl methyl sites for hydroxylation is 1. The van der Waals surface area contributed by atoms with Gasteiger partial charge >= 0.3 is 0 Å². The Morgan fingerprint density at radius 2 is 1.83 bits per heavy atom. The van der Waals surface area contributed by atoms with E-state index in [2.05, 4.69) is 26.9 Å². The molecule has 0 spiro atoms. The Labute approximate surface area is 148 Å². The van der Waals surface area contributed by atoms with E-state index in [4.69, 9.17) is 0 Å². The lowest BCUT2D eigenvalue weighted by atomic mass is 9.93. The second-order valence-corrected chi connectivity index (χ2v) is 8.30. The van der Waals surface area contributed by atoms with Crippen molar-refractivity contribution < 1.29 is 10.2 Å². The second-order valence-electron chi connectivity index (χ2n) is 7.26. The number of aliphatic hydroxyl groups is 2. The molecule has 0 amide bonds. The van der Waals surface area contributed by atoms with Gasteiger partial charge in [-0.3, -0.25) is 0 Å². The van der Waals surface area contributed by atoms with Gasteiger partial charge in [-0.2, -0.15) is 0 Å². The summed E-state index contributed by atoms with van der Waals surface area (Å²) in [7, 11) is 0. The monoisotopic (exact) mass is 354 g/mol. The first kappa shape index (κ1) is 18.0. The van der Waals surface area contributed by atoms with Crippen LogP contribution in [0.3, 0.4) is 0 Å². The number of aliphatic hydroxyl groups excluding tert-OH is 2. The summed E-state index contributed by atoms with van der Waals surface area (Å²) in [6.07, 6.45) is 4.28. The number of aromatic nitrogens is 2. The van der Waals surface area contributed by atoms with Crippen molar-refractivity contribution in [2.24, 2.45) is 17.8 Å². The normalized spacial score (nSPS) is 26.4. The fourth-order valence-electron chi connectivity index (χ4n) is 3.88. The number of hydrogen-bond acceptors (Lipinski definition) is 7. The predicted octanol–water partition coefficient (Wildman–Crippen LogP) is 1.24. The Morgan fingerprint density at radius 1 is 1.08 bits per heavy atom. The fraction of sp³-hybridized carbons (Fsp3) is 0.882. The SMILES string of the molecule is CCCc1nnc(N2C[C@@H](CN3CCC(CO)CC3)[C@@H](CO)C2)s1. The molecular formula is C17H30N4O2S. The lowest BCUT2D eigenvalue weighted by Gasteiger charge is -2.33. The third kappa shape index (κ3) is 4.25. The summed E-state index contributed by atoms with van der Waals surface area (Å²) in [6.45, 7) is 7.76. The zero-order valence-electron chi connectivity index (χ0n) is 14.6. The van der Waals surface area contributed by atoms with Gasteiger partial charge < -0.3 is 20.0 Å². The molecule has 2 fully saturated rings. The van der Waals surface area contributed by atoms with Crippen LogP contribution >= 0.6 is 11.3 Å². The van der Waals surface area contributed by atoms with E-state index in [0.29, 0.717) is 24.4 Å². The topological polar surface area (TPSA) is 72.7 Å². The molecule has 0 aromatic carbocycles. The van der Waals surface area contributed by atoms with Crippen LogP contribution < -0.4 is 4.90 Å². The van der Waals surface area contributed by atoms with Gasteiger partial charge in [-0.25, -0.2) is 0 Å². The third-order valence-electron chi connectivity index (χ3n) is 5.46. The lowest BCUT2D eigenvalue weighted by Crippen LogP contribution is -2.40. The van der Waals surface area contributed by atoms with Crippen LogP contribution in [0.2, 0.25) is 0 Å². The summed E-state index contributed by atoms with van der Waals surface area (Å²) >= 11 is 1.70. The van der Waals surface area contributed by atoms with Gasteiger partial charge in [0.2, 0.25) is 5.13 Å². The molecule has 136 valence electrons. The Morgan fingerprint density at radius 3 is 2.50 bits per heavy atom. The van der Waals surface area contributed by atoms with Gasteiger partial charge in [0.1, 0.15) is 5.01 Å². The molecular weight excluding hydrogens is 324 g/mol. The highest BCUT2D eigenvalue weighted by molar-refractivity contribution is 7.15. The highest BCUT2D eigenvalue weighted by Gasteiger charge is 2.35. The van der Waals surface area contributed by atoms with Crippen molar-refractivity contribution in [2.75, 3.05) is 50.8 Å². The molecule has 2 aliphatic rings. The van der Waals surface area contributed by atoms with E-state index in [9.17, 15) is 10.2 Å². The molecule has 3 rings (SSSR count). The summed E-state index contributed by atoms with van der Waals surface area (Å²) < 4.78 is 0. The Bertz CT molecular complexity index is 505. The van der Waals surface area contributed by atoms with E-state index in [-0.39, 0.29) is 6.61 Å². The zero-order valence-corrected chi connectivity index (χ0v) is 15.4. The van der Waals surface area contributed by atoms with Crippen molar-refractivity contribution in [3.05, 3.63) is 5.01 Å². The lowest BCUT2D eigenvalue weighted by molar-refractivity contribution is 0.106. The predicted molar refractivity (Wildman–Crippen MR) is 96.4 cm³/mol. The van der Waals surface area contributed by atoms with Crippen LogP contribution in [-0.4, -0.2) is 71.2 Å². The van der Waals surface area contributed by atoms with Gasteiger partial charge in [0, 0.05) is 45.2 Å². The van der Waals surface area contributed by atoms with Gasteiger partial charge in [0.15, 0.2) is 0 Å². The molecule has 1 aromatic rings. The number of likely N-dealkylation sites (tertiary alicyclic amines) is 1. The number of nitrogens with zero attached hydrogens (tertiary/aromatic N) is 4. The number of rotatable bonds is 7. The minimum Gasteiger partial charge on any atom is -0.396 e. The van der Waals surface area contributed by atoms with E-state index in [1.807, 2.05) is 0 Å². The van der Waals surface area contributed by atoms with Crippen molar-refractivity contribution in [2.45, 2.75) is 32.6 Å². The highest BCUT2D eigenvalue weighted by atomic mass is 32.1. The first-order valence-electron chi connectivity index (χ1n) is 9.24. The Balaban J connectivity index is 1.56. The van der Waals surface area contributed by atoms with Gasteiger partial charge in [-0.1, -0.05) is 18.3 Å². The zero-order chi connectivity index (χ0) is 16.9. The van der Waals surface area contributed by atoms with E-state index in [1.165, 1.54) is 0 Å². The molecule has 0 unspecified atom stereocenters. The maximum absolute atomic E-state index is 9.79. The summed E-state index contributed by atoms with van der Waals surface area (Å²) in [6, 6.07) is 0. The number of piperidine rings is 1. The van der Waals surface area contributed by atoms with Crippen LogP contribution in [-0.2, 0) is 6.42 Å². The van der Waals surface area contributed by atoms with Crippen LogP contribution in [0.4, 0.5) is 5.13 Å². The second kappa shape index (κ2) is 8.56. The molecule has 2 saturated heterocycles. The molecule has 3 heterocycles. The molecule has 2 aliphatic heterocycles. The molecule has 1 aromatic heterocycles. The van der Waals surface area contributed by atoms with Gasteiger partial charge in [0.05, 0.1) is 0 Å². The van der Waals surface area contributed by atoms with Crippen molar-refractivity contribution in [3.63, 3.8) is 0 Å². The summed E-state index contributed by atoms with van der Waals surface area (Å²) in [5.74, 6) is 1.28. The van der Waals surface area contributed by atoms with Gasteiger partial charge in [-0.05, 0) is 44.2 Å². The average Bonchev–Trinajstić information content (AvgIpc) is 3.22. The molecule has 2 atom stereocenters. The van der Waals surface area contributed by atoms with Gasteiger partial charge in [-0.15, -0.1) is 10.2 Å². The maximum atomic E-state index is 9.79. The van der Waals surface area contributed by atoms with Crippen molar-refractivity contribution >= 4 is 16.5 Å². The average molecular weight is 355 g/mol. The quantitative estimate of drug-likeness (QED) is 0.768. The standard InChI is InChI=1S/C17H30N4O2S/c1-2-3-16-18-19-17(24-16)21-9-14(15(10-21)12-23)8-20-6-4-13(11-22)5-7-20/h13-15,22-23H,2-12H2,1H3/t14-,15-/m1/s1. The third-order valence-corrected chi connectivity index (χ3v) is 6.50. The molecule has 6 nitrogen and oxygen atoms in total.